The van der Waals surface area contributed by atoms with Gasteiger partial charge in [0.05, 0.1) is 5.69 Å². The van der Waals surface area contributed by atoms with Crippen molar-refractivity contribution in [1.82, 2.24) is 20.0 Å². The van der Waals surface area contributed by atoms with Gasteiger partial charge in [0.15, 0.2) is 0 Å². The van der Waals surface area contributed by atoms with E-state index in [4.69, 9.17) is 0 Å². The van der Waals surface area contributed by atoms with Crippen LogP contribution in [-0.4, -0.2) is 58.1 Å². The molecule has 3 saturated heterocycles. The number of hydrogen-bond acceptors (Lipinski definition) is 3. The third kappa shape index (κ3) is 3.79. The number of benzene rings is 1. The van der Waals surface area contributed by atoms with Gasteiger partial charge in [-0.1, -0.05) is 38.1 Å². The molecule has 27 heavy (non-hydrogen) atoms. The van der Waals surface area contributed by atoms with Gasteiger partial charge in [0.25, 0.3) is 5.91 Å². The summed E-state index contributed by atoms with van der Waals surface area (Å²) in [6.45, 7) is 8.38. The van der Waals surface area contributed by atoms with Gasteiger partial charge in [-0.3, -0.25) is 14.8 Å². The first kappa shape index (κ1) is 18.2. The number of nitrogens with one attached hydrogen (secondary N) is 1. The molecule has 3 aliphatic rings. The average Bonchev–Trinajstić information content (AvgIpc) is 3.02. The standard InChI is InChI=1S/C22H30N4O/c1-3-11-25-13-17-7-10-19(25)15-26(14-17)22(27)21-12-20(23-24-21)18-8-5-16(4-2)6-9-18/h5-6,8-9,12,17,19H,3-4,7,10-11,13-15H2,1-2H3,(H,23,24)/t17-,19-/m1/s1. The number of hydrogen-bond donors (Lipinski definition) is 1. The smallest absolute Gasteiger partial charge is 0.271 e. The molecular weight excluding hydrogens is 336 g/mol. The molecule has 1 amide bonds. The first-order valence-corrected chi connectivity index (χ1v) is 10.4. The van der Waals surface area contributed by atoms with Crippen LogP contribution in [0.15, 0.2) is 30.3 Å². The highest BCUT2D eigenvalue weighted by molar-refractivity contribution is 5.93. The molecule has 0 spiro atoms. The van der Waals surface area contributed by atoms with Crippen LogP contribution >= 0.6 is 0 Å². The van der Waals surface area contributed by atoms with E-state index in [0.29, 0.717) is 17.7 Å². The second-order valence-electron chi connectivity index (χ2n) is 8.02. The average molecular weight is 367 g/mol. The van der Waals surface area contributed by atoms with Crippen LogP contribution in [0.4, 0.5) is 0 Å². The first-order valence-electron chi connectivity index (χ1n) is 10.4. The Kier molecular flexibility index (Phi) is 5.30. The fourth-order valence-electron chi connectivity index (χ4n) is 4.57. The minimum Gasteiger partial charge on any atom is -0.335 e. The Balaban J connectivity index is 1.49. The maximum absolute atomic E-state index is 13.1. The van der Waals surface area contributed by atoms with Crippen molar-refractivity contribution in [3.63, 3.8) is 0 Å². The maximum Gasteiger partial charge on any atom is 0.271 e. The molecule has 2 aromatic rings. The van der Waals surface area contributed by atoms with E-state index in [0.717, 1.165) is 43.9 Å². The Morgan fingerprint density at radius 2 is 1.96 bits per heavy atom. The summed E-state index contributed by atoms with van der Waals surface area (Å²) in [5, 5.41) is 7.38. The normalized spacial score (nSPS) is 22.8. The number of amides is 1. The van der Waals surface area contributed by atoms with Crippen molar-refractivity contribution in [3.05, 3.63) is 41.6 Å². The van der Waals surface area contributed by atoms with Gasteiger partial charge in [-0.15, -0.1) is 0 Å². The molecule has 0 unspecified atom stereocenters. The SMILES string of the molecule is CCCN1C[C@H]2CC[C@@H]1CN(C(=O)c1cc(-c3ccc(CC)cc3)n[nH]1)C2. The van der Waals surface area contributed by atoms with Crippen LogP contribution < -0.4 is 0 Å². The third-order valence-corrected chi connectivity index (χ3v) is 6.09. The fraction of sp³-hybridized carbons (Fsp3) is 0.545. The highest BCUT2D eigenvalue weighted by Crippen LogP contribution is 2.29. The molecule has 0 saturated carbocycles. The number of piperidine rings is 1. The molecule has 2 bridgehead atoms. The van der Waals surface area contributed by atoms with Crippen LogP contribution in [0.3, 0.4) is 0 Å². The number of fused-ring (bicyclic) bond motifs is 4. The summed E-state index contributed by atoms with van der Waals surface area (Å²) in [4.78, 5) is 17.8. The number of aromatic amines is 1. The minimum atomic E-state index is 0.0918. The van der Waals surface area contributed by atoms with E-state index in [1.165, 1.54) is 24.8 Å². The van der Waals surface area contributed by atoms with Crippen LogP contribution in [-0.2, 0) is 6.42 Å². The molecule has 3 fully saturated rings. The van der Waals surface area contributed by atoms with E-state index in [1.807, 2.05) is 6.07 Å². The minimum absolute atomic E-state index is 0.0918. The van der Waals surface area contributed by atoms with E-state index in [-0.39, 0.29) is 5.91 Å². The van der Waals surface area contributed by atoms with Gasteiger partial charge >= 0.3 is 0 Å². The Labute approximate surface area is 161 Å². The van der Waals surface area contributed by atoms with Gasteiger partial charge in [-0.05, 0) is 49.8 Å². The molecule has 1 aromatic carbocycles. The predicted molar refractivity (Wildman–Crippen MR) is 108 cm³/mol. The van der Waals surface area contributed by atoms with Crippen LogP contribution in [0, 0.1) is 5.92 Å². The molecule has 144 valence electrons. The lowest BCUT2D eigenvalue weighted by Gasteiger charge is -2.35. The lowest BCUT2D eigenvalue weighted by atomic mass is 9.95. The zero-order valence-corrected chi connectivity index (χ0v) is 16.4. The van der Waals surface area contributed by atoms with Crippen molar-refractivity contribution in [1.29, 1.82) is 0 Å². The van der Waals surface area contributed by atoms with Crippen LogP contribution in [0.25, 0.3) is 11.3 Å². The summed E-state index contributed by atoms with van der Waals surface area (Å²) in [6, 6.07) is 10.8. The van der Waals surface area contributed by atoms with Crippen LogP contribution in [0.1, 0.15) is 49.2 Å². The molecule has 1 aromatic heterocycles. The number of nitrogens with zero attached hydrogens (tertiary/aromatic N) is 3. The zero-order chi connectivity index (χ0) is 18.8. The van der Waals surface area contributed by atoms with E-state index in [1.54, 1.807) is 0 Å². The third-order valence-electron chi connectivity index (χ3n) is 6.09. The quantitative estimate of drug-likeness (QED) is 0.880. The number of carbonyl (C=O) groups excluding carboxylic acids is 1. The van der Waals surface area contributed by atoms with E-state index in [2.05, 4.69) is 58.1 Å². The Morgan fingerprint density at radius 1 is 1.15 bits per heavy atom. The number of aromatic nitrogens is 2. The van der Waals surface area contributed by atoms with Gasteiger partial charge in [0.2, 0.25) is 0 Å². The van der Waals surface area contributed by atoms with Crippen molar-refractivity contribution >= 4 is 5.91 Å². The Hall–Kier alpha value is -2.14. The largest absolute Gasteiger partial charge is 0.335 e. The molecule has 4 heterocycles. The summed E-state index contributed by atoms with van der Waals surface area (Å²) < 4.78 is 0. The lowest BCUT2D eigenvalue weighted by molar-refractivity contribution is 0.0732. The molecular formula is C22H30N4O. The van der Waals surface area contributed by atoms with E-state index < -0.39 is 0 Å². The first-order chi connectivity index (χ1) is 13.2. The Bertz CT molecular complexity index is 782. The van der Waals surface area contributed by atoms with Crippen molar-refractivity contribution in [3.8, 4) is 11.3 Å². The predicted octanol–water partition coefficient (Wildman–Crippen LogP) is 3.59. The number of rotatable bonds is 5. The number of H-pyrrole nitrogens is 1. The maximum atomic E-state index is 13.1. The van der Waals surface area contributed by atoms with Crippen molar-refractivity contribution in [2.45, 2.75) is 45.6 Å². The second kappa shape index (κ2) is 7.85. The summed E-state index contributed by atoms with van der Waals surface area (Å²) in [5.41, 5.74) is 3.80. The van der Waals surface area contributed by atoms with Crippen LogP contribution in [0.5, 0.6) is 0 Å². The molecule has 1 N–H and O–H groups in total. The monoisotopic (exact) mass is 366 g/mol. The van der Waals surface area contributed by atoms with Crippen molar-refractivity contribution in [2.24, 2.45) is 5.92 Å². The van der Waals surface area contributed by atoms with Gasteiger partial charge < -0.3 is 4.90 Å². The van der Waals surface area contributed by atoms with E-state index in [9.17, 15) is 4.79 Å². The number of aryl methyl sites for hydroxylation is 1. The fourth-order valence-corrected chi connectivity index (χ4v) is 4.57. The highest BCUT2D eigenvalue weighted by atomic mass is 16.2. The van der Waals surface area contributed by atoms with Gasteiger partial charge in [-0.2, -0.15) is 5.10 Å². The van der Waals surface area contributed by atoms with Crippen molar-refractivity contribution in [2.75, 3.05) is 26.2 Å². The molecule has 5 rings (SSSR count). The molecule has 5 nitrogen and oxygen atoms in total. The highest BCUT2D eigenvalue weighted by Gasteiger charge is 2.36. The van der Waals surface area contributed by atoms with Crippen molar-refractivity contribution < 1.29 is 4.79 Å². The second-order valence-corrected chi connectivity index (χ2v) is 8.02. The van der Waals surface area contributed by atoms with E-state index >= 15 is 0 Å². The van der Waals surface area contributed by atoms with Crippen LogP contribution in [0.2, 0.25) is 0 Å². The molecule has 5 heteroatoms. The zero-order valence-electron chi connectivity index (χ0n) is 16.4. The summed E-state index contributed by atoms with van der Waals surface area (Å²) in [5.74, 6) is 0.692. The molecule has 0 aliphatic carbocycles. The molecule has 0 radical (unpaired) electrons. The molecule has 3 aliphatic heterocycles. The topological polar surface area (TPSA) is 52.2 Å². The number of carbonyl (C=O) groups is 1. The van der Waals surface area contributed by atoms with Gasteiger partial charge in [0, 0.05) is 31.2 Å². The van der Waals surface area contributed by atoms with Gasteiger partial charge in [0.1, 0.15) is 5.69 Å². The summed E-state index contributed by atoms with van der Waals surface area (Å²) >= 11 is 0. The Morgan fingerprint density at radius 3 is 2.70 bits per heavy atom. The summed E-state index contributed by atoms with van der Waals surface area (Å²) in [6.07, 6.45) is 4.66. The molecule has 2 atom stereocenters. The van der Waals surface area contributed by atoms with Gasteiger partial charge in [-0.25, -0.2) is 0 Å². The lowest BCUT2D eigenvalue weighted by Crippen LogP contribution is -2.44. The summed E-state index contributed by atoms with van der Waals surface area (Å²) in [7, 11) is 0.